The van der Waals surface area contributed by atoms with Crippen LogP contribution in [0, 0.1) is 11.3 Å². The summed E-state index contributed by atoms with van der Waals surface area (Å²) in [6, 6.07) is 5.09. The Hall–Kier alpha value is -0.370. The molecule has 0 N–H and O–H groups in total. The van der Waals surface area contributed by atoms with Gasteiger partial charge in [-0.15, -0.1) is 0 Å². The summed E-state index contributed by atoms with van der Waals surface area (Å²) in [5, 5.41) is 8.04. The van der Waals surface area contributed by atoms with Crippen molar-refractivity contribution < 1.29 is 4.79 Å². The molecule has 1 aromatic rings. The normalized spacial score (nSPS) is 9.38. The van der Waals surface area contributed by atoms with Crippen LogP contribution in [-0.4, -0.2) is 5.24 Å². The summed E-state index contributed by atoms with van der Waals surface area (Å²) in [4.78, 5) is 11.0. The molecule has 0 aliphatic carbocycles. The smallest absolute Gasteiger partial charge is 0.254 e. The molecule has 1 aromatic carbocycles. The molecule has 0 heterocycles. The second-order valence-electron chi connectivity index (χ2n) is 2.17. The number of nitriles is 1. The van der Waals surface area contributed by atoms with Gasteiger partial charge in [0, 0.05) is 8.95 Å². The molecule has 0 atom stereocenters. The molecule has 0 unspecified atom stereocenters. The van der Waals surface area contributed by atoms with E-state index in [1.54, 1.807) is 6.07 Å². The molecule has 13 heavy (non-hydrogen) atoms. The molecule has 0 radical (unpaired) electrons. The van der Waals surface area contributed by atoms with Crippen LogP contribution in [0.15, 0.2) is 21.1 Å². The molecule has 66 valence electrons. The lowest BCUT2D eigenvalue weighted by Gasteiger charge is -2.02. The summed E-state index contributed by atoms with van der Waals surface area (Å²) in [6.45, 7) is 0. The van der Waals surface area contributed by atoms with Crippen LogP contribution in [-0.2, 0) is 0 Å². The number of rotatable bonds is 1. The van der Waals surface area contributed by atoms with Gasteiger partial charge in [-0.25, -0.2) is 0 Å². The van der Waals surface area contributed by atoms with Gasteiger partial charge in [0.05, 0.1) is 17.2 Å². The number of benzene rings is 1. The largest absolute Gasteiger partial charge is 0.276 e. The molecule has 0 saturated carbocycles. The molecule has 0 aliphatic heterocycles. The van der Waals surface area contributed by atoms with Crippen LogP contribution in [0.2, 0.25) is 0 Å². The minimum atomic E-state index is -0.648. The highest BCUT2D eigenvalue weighted by atomic mass is 79.9. The van der Waals surface area contributed by atoms with Gasteiger partial charge in [0.1, 0.15) is 0 Å². The molecule has 0 aromatic heterocycles. The Morgan fingerprint density at radius 2 is 2.08 bits per heavy atom. The molecular formula is C8H2Br2ClNO. The molecule has 0 aliphatic rings. The van der Waals surface area contributed by atoms with E-state index < -0.39 is 5.24 Å². The number of hydrogen-bond donors (Lipinski definition) is 0. The summed E-state index contributed by atoms with van der Waals surface area (Å²) in [7, 11) is 0. The van der Waals surface area contributed by atoms with E-state index in [0.717, 1.165) is 0 Å². The first kappa shape index (κ1) is 10.7. The lowest BCUT2D eigenvalue weighted by molar-refractivity contribution is 0.108. The predicted octanol–water partition coefficient (Wildman–Crippen LogP) is 3.46. The van der Waals surface area contributed by atoms with Crippen LogP contribution in [0.1, 0.15) is 15.9 Å². The summed E-state index contributed by atoms with van der Waals surface area (Å²) in [6.07, 6.45) is 0. The van der Waals surface area contributed by atoms with Gasteiger partial charge in [-0.05, 0) is 55.6 Å². The summed E-state index contributed by atoms with van der Waals surface area (Å²) in [5.74, 6) is 0. The third kappa shape index (κ3) is 2.11. The predicted molar refractivity (Wildman–Crippen MR) is 56.7 cm³/mol. The van der Waals surface area contributed by atoms with Gasteiger partial charge in [-0.2, -0.15) is 5.26 Å². The molecule has 0 saturated heterocycles. The van der Waals surface area contributed by atoms with Crippen molar-refractivity contribution in [1.29, 1.82) is 5.26 Å². The summed E-state index contributed by atoms with van der Waals surface area (Å²) < 4.78 is 1.20. The van der Waals surface area contributed by atoms with Gasteiger partial charge in [0.25, 0.3) is 5.24 Å². The number of hydrogen-bond acceptors (Lipinski definition) is 2. The maximum absolute atomic E-state index is 11.0. The number of carbonyl (C=O) groups excluding carboxylic acids is 1. The first-order valence-electron chi connectivity index (χ1n) is 3.16. The minimum Gasteiger partial charge on any atom is -0.276 e. The van der Waals surface area contributed by atoms with Crippen molar-refractivity contribution >= 4 is 48.7 Å². The SMILES string of the molecule is N#Cc1ccc(Br)c(Br)c1C(=O)Cl. The first-order valence-corrected chi connectivity index (χ1v) is 5.12. The Morgan fingerprint density at radius 1 is 1.46 bits per heavy atom. The van der Waals surface area contributed by atoms with E-state index in [4.69, 9.17) is 16.9 Å². The van der Waals surface area contributed by atoms with E-state index in [0.29, 0.717) is 8.95 Å². The summed E-state index contributed by atoms with van der Waals surface area (Å²) in [5.41, 5.74) is 0.452. The van der Waals surface area contributed by atoms with Crippen LogP contribution in [0.3, 0.4) is 0 Å². The maximum Gasteiger partial charge on any atom is 0.254 e. The number of carbonyl (C=O) groups is 1. The van der Waals surface area contributed by atoms with E-state index >= 15 is 0 Å². The number of nitrogens with zero attached hydrogens (tertiary/aromatic N) is 1. The van der Waals surface area contributed by atoms with Crippen LogP contribution in [0.4, 0.5) is 0 Å². The van der Waals surface area contributed by atoms with Crippen molar-refractivity contribution in [2.24, 2.45) is 0 Å². The zero-order valence-electron chi connectivity index (χ0n) is 6.14. The molecule has 2 nitrogen and oxygen atoms in total. The highest BCUT2D eigenvalue weighted by Gasteiger charge is 2.15. The molecule has 5 heteroatoms. The van der Waals surface area contributed by atoms with Gasteiger partial charge in [0.15, 0.2) is 0 Å². The fraction of sp³-hybridized carbons (Fsp3) is 0. The van der Waals surface area contributed by atoms with E-state index in [9.17, 15) is 4.79 Å². The number of halogens is 3. The Labute approximate surface area is 96.8 Å². The summed E-state index contributed by atoms with van der Waals surface area (Å²) >= 11 is 11.7. The average molecular weight is 323 g/mol. The van der Waals surface area contributed by atoms with Crippen molar-refractivity contribution in [3.63, 3.8) is 0 Å². The van der Waals surface area contributed by atoms with E-state index in [2.05, 4.69) is 31.9 Å². The molecule has 0 bridgehead atoms. The zero-order chi connectivity index (χ0) is 10.0. The van der Waals surface area contributed by atoms with Crippen LogP contribution in [0.25, 0.3) is 0 Å². The third-order valence-corrected chi connectivity index (χ3v) is 3.62. The van der Waals surface area contributed by atoms with Crippen LogP contribution in [0.5, 0.6) is 0 Å². The highest BCUT2D eigenvalue weighted by Crippen LogP contribution is 2.30. The Balaban J connectivity index is 3.53. The Morgan fingerprint density at radius 3 is 2.54 bits per heavy atom. The van der Waals surface area contributed by atoms with E-state index in [1.165, 1.54) is 6.07 Å². The van der Waals surface area contributed by atoms with Crippen molar-refractivity contribution in [3.8, 4) is 6.07 Å². The van der Waals surface area contributed by atoms with Crippen molar-refractivity contribution in [3.05, 3.63) is 32.2 Å². The molecular weight excluding hydrogens is 321 g/mol. The topological polar surface area (TPSA) is 40.9 Å². The van der Waals surface area contributed by atoms with Crippen molar-refractivity contribution in [2.75, 3.05) is 0 Å². The van der Waals surface area contributed by atoms with Crippen LogP contribution < -0.4 is 0 Å². The maximum atomic E-state index is 11.0. The zero-order valence-corrected chi connectivity index (χ0v) is 10.1. The van der Waals surface area contributed by atoms with Crippen LogP contribution >= 0.6 is 43.5 Å². The average Bonchev–Trinajstić information content (AvgIpc) is 2.08. The molecule has 1 rings (SSSR count). The lowest BCUT2D eigenvalue weighted by Crippen LogP contribution is -1.96. The van der Waals surface area contributed by atoms with Gasteiger partial charge in [-0.3, -0.25) is 4.79 Å². The van der Waals surface area contributed by atoms with E-state index in [-0.39, 0.29) is 11.1 Å². The highest BCUT2D eigenvalue weighted by molar-refractivity contribution is 9.13. The van der Waals surface area contributed by atoms with Gasteiger partial charge in [0.2, 0.25) is 0 Å². The fourth-order valence-electron chi connectivity index (χ4n) is 0.836. The van der Waals surface area contributed by atoms with Gasteiger partial charge in [-0.1, -0.05) is 0 Å². The quantitative estimate of drug-likeness (QED) is 0.743. The van der Waals surface area contributed by atoms with E-state index in [1.807, 2.05) is 6.07 Å². The molecule has 0 fully saturated rings. The van der Waals surface area contributed by atoms with Crippen molar-refractivity contribution in [2.45, 2.75) is 0 Å². The van der Waals surface area contributed by atoms with Gasteiger partial charge < -0.3 is 0 Å². The third-order valence-electron chi connectivity index (χ3n) is 1.41. The van der Waals surface area contributed by atoms with Gasteiger partial charge >= 0.3 is 0 Å². The second kappa shape index (κ2) is 4.23. The lowest BCUT2D eigenvalue weighted by atomic mass is 10.1. The Kier molecular flexibility index (Phi) is 3.48. The second-order valence-corrected chi connectivity index (χ2v) is 4.16. The van der Waals surface area contributed by atoms with Crippen molar-refractivity contribution in [1.82, 2.24) is 0 Å². The Bertz CT molecular complexity index is 411. The monoisotopic (exact) mass is 321 g/mol. The minimum absolute atomic E-state index is 0.193. The molecule has 0 spiro atoms. The first-order chi connectivity index (χ1) is 6.07. The standard InChI is InChI=1S/C8H2Br2ClNO/c9-5-2-1-4(3-12)6(7(5)10)8(11)13/h1-2H. The fourth-order valence-corrected chi connectivity index (χ4v) is 2.00. The molecule has 0 amide bonds.